The summed E-state index contributed by atoms with van der Waals surface area (Å²) in [6.07, 6.45) is 4.22. The Kier molecular flexibility index (Phi) is 18.2. The van der Waals surface area contributed by atoms with Crippen LogP contribution in [0.1, 0.15) is 68.8 Å². The molecule has 1 saturated heterocycles. The van der Waals surface area contributed by atoms with Gasteiger partial charge in [0.25, 0.3) is 0 Å². The quantitative estimate of drug-likeness (QED) is 0.162. The van der Waals surface area contributed by atoms with Gasteiger partial charge >= 0.3 is 0 Å². The van der Waals surface area contributed by atoms with Crippen LogP contribution < -0.4 is 15.4 Å². The molecule has 1 aromatic heterocycles. The van der Waals surface area contributed by atoms with Crippen molar-refractivity contribution in [2.45, 2.75) is 102 Å². The summed E-state index contributed by atoms with van der Waals surface area (Å²) in [5.41, 5.74) is 3.18. The van der Waals surface area contributed by atoms with Crippen molar-refractivity contribution in [1.29, 1.82) is 5.26 Å². The second kappa shape index (κ2) is 24.0. The van der Waals surface area contributed by atoms with E-state index in [0.717, 1.165) is 35.5 Å². The van der Waals surface area contributed by atoms with E-state index in [1.807, 2.05) is 73.2 Å². The highest BCUT2D eigenvalue weighted by molar-refractivity contribution is 6.31. The maximum atomic E-state index is 14.8. The maximum absolute atomic E-state index is 14.8. The third-order valence-electron chi connectivity index (χ3n) is 13.1. The molecule has 2 N–H and O–H groups in total. The van der Waals surface area contributed by atoms with Gasteiger partial charge < -0.3 is 44.3 Å². The molecular formula is C51H63Cl2N9O7. The monoisotopic (exact) mass is 983 g/mol. The maximum Gasteiger partial charge on any atom is 0.247 e. The van der Waals surface area contributed by atoms with Gasteiger partial charge in [-0.15, -0.1) is 0 Å². The number of aromatic nitrogens is 2. The number of likely N-dealkylation sites (N-methyl/N-ethyl adjacent to an activating group) is 2. The zero-order chi connectivity index (χ0) is 49.9. The molecule has 16 nitrogen and oxygen atoms in total. The van der Waals surface area contributed by atoms with E-state index in [-0.39, 0.29) is 31.9 Å². The number of nitrogens with zero attached hydrogens (tertiary/aromatic N) is 7. The Balaban J connectivity index is 1.35. The Hall–Kier alpha value is -5.99. The summed E-state index contributed by atoms with van der Waals surface area (Å²) < 4.78 is 13.9. The van der Waals surface area contributed by atoms with Crippen LogP contribution in [-0.2, 0) is 55.3 Å². The van der Waals surface area contributed by atoms with Crippen LogP contribution in [0.2, 0.25) is 10.0 Å². The minimum atomic E-state index is -1.22. The number of rotatable bonds is 12. The lowest BCUT2D eigenvalue weighted by Crippen LogP contribution is -2.58. The smallest absolute Gasteiger partial charge is 0.247 e. The summed E-state index contributed by atoms with van der Waals surface area (Å²) in [5, 5.41) is 16.9. The van der Waals surface area contributed by atoms with Crippen LogP contribution in [0.15, 0.2) is 72.9 Å². The topological polar surface area (TPSA) is 182 Å². The summed E-state index contributed by atoms with van der Waals surface area (Å²) >= 11 is 12.8. The number of imidazole rings is 1. The highest BCUT2D eigenvalue weighted by Gasteiger charge is 2.39. The van der Waals surface area contributed by atoms with E-state index in [1.165, 1.54) is 23.8 Å². The second-order valence-electron chi connectivity index (χ2n) is 18.3. The molecule has 1 aliphatic heterocycles. The molecule has 18 heteroatoms. The van der Waals surface area contributed by atoms with Crippen LogP contribution in [0.25, 0.3) is 11.3 Å². The molecule has 368 valence electrons. The molecule has 4 aromatic rings. The minimum Gasteiger partial charge on any atom is -0.457 e. The predicted molar refractivity (Wildman–Crippen MR) is 263 cm³/mol. The van der Waals surface area contributed by atoms with Crippen molar-refractivity contribution in [2.75, 3.05) is 41.9 Å². The van der Waals surface area contributed by atoms with Gasteiger partial charge in [0.05, 0.1) is 49.6 Å². The number of carbonyl (C=O) groups excluding carboxylic acids is 5. The lowest BCUT2D eigenvalue weighted by atomic mass is 9.87. The first-order valence-electron chi connectivity index (χ1n) is 23.2. The van der Waals surface area contributed by atoms with Crippen molar-refractivity contribution in [3.8, 4) is 28.8 Å². The number of ether oxygens (including phenoxy) is 2. The summed E-state index contributed by atoms with van der Waals surface area (Å²) in [6, 6.07) is 17.8. The molecule has 3 aromatic carbocycles. The molecule has 0 unspecified atom stereocenters. The van der Waals surface area contributed by atoms with Crippen LogP contribution in [0.4, 0.5) is 0 Å². The van der Waals surface area contributed by atoms with Crippen LogP contribution in [0.5, 0.6) is 11.5 Å². The van der Waals surface area contributed by atoms with Crippen molar-refractivity contribution in [2.24, 2.45) is 13.0 Å². The number of benzene rings is 3. The number of hydrogen-bond donors (Lipinski definition) is 2. The van der Waals surface area contributed by atoms with Crippen molar-refractivity contribution < 1.29 is 33.4 Å². The number of fused-ring (bicyclic) bond motifs is 1. The zero-order valence-corrected chi connectivity index (χ0v) is 41.9. The fourth-order valence-electron chi connectivity index (χ4n) is 9.14. The van der Waals surface area contributed by atoms with E-state index in [1.54, 1.807) is 49.3 Å². The Labute approximate surface area is 414 Å². The van der Waals surface area contributed by atoms with E-state index in [2.05, 4.69) is 21.7 Å². The normalized spacial score (nSPS) is 22.4. The van der Waals surface area contributed by atoms with Gasteiger partial charge in [-0.2, -0.15) is 5.26 Å². The third kappa shape index (κ3) is 13.4. The Morgan fingerprint density at radius 2 is 1.57 bits per heavy atom. The molecule has 2 fully saturated rings. The molecule has 2 aliphatic rings. The molecule has 1 aliphatic carbocycles. The van der Waals surface area contributed by atoms with Gasteiger partial charge in [-0.3, -0.25) is 24.0 Å². The standard InChI is InChI=1S/C51H63Cl2N9O7/c1-32-49(65)57-42(31-68-7)51(67)59(4)39(24-33-12-17-37(52)18-13-33)27-47(63)56-41-10-8-9-11-43(41)61(6)50(66)35(22-23-54)25-48(64)62(32)29-36-14-19-38(53)26-45(36)69-40-20-15-34(16-21-40)44-28-55-46(60(44)5)30-58(2)3/h12-21,26,28,32,35,39,41-43H,8-11,22,24-25,27,29-31H2,1-7H3,(H,56,63)(H,57,65)/t32-,35+,39-,41-,42-,43-/m0/s1. The molecule has 1 saturated carbocycles. The number of carbonyl (C=O) groups is 5. The molecule has 0 spiro atoms. The van der Waals surface area contributed by atoms with Gasteiger partial charge in [-0.05, 0) is 94.4 Å². The highest BCUT2D eigenvalue weighted by Crippen LogP contribution is 2.33. The lowest BCUT2D eigenvalue weighted by molar-refractivity contribution is -0.147. The predicted octanol–water partition coefficient (Wildman–Crippen LogP) is 6.38. The van der Waals surface area contributed by atoms with Gasteiger partial charge in [0.2, 0.25) is 29.5 Å². The summed E-state index contributed by atoms with van der Waals surface area (Å²) in [5.74, 6) is -1.85. The average Bonchev–Trinajstić information content (AvgIpc) is 3.68. The van der Waals surface area contributed by atoms with Crippen LogP contribution >= 0.6 is 23.2 Å². The zero-order valence-electron chi connectivity index (χ0n) is 40.4. The largest absolute Gasteiger partial charge is 0.457 e. The SMILES string of the molecule is COC[C@@H]1NC(=O)[C@H](C)N(Cc2ccc(Cl)cc2Oc2ccc(-c3cnc(CN(C)C)n3C)cc2)C(=O)C[C@@H](CC#N)C(=O)N(C)[C@H]2CCCC[C@@H]2NC(=O)C[C@H](Cc2ccc(Cl)cc2)N(C)C1=O. The number of halogens is 2. The van der Waals surface area contributed by atoms with Crippen molar-refractivity contribution >= 4 is 52.7 Å². The van der Waals surface area contributed by atoms with E-state index in [0.29, 0.717) is 52.9 Å². The molecule has 0 radical (unpaired) electrons. The van der Waals surface area contributed by atoms with E-state index in [4.69, 9.17) is 32.7 Å². The second-order valence-corrected chi connectivity index (χ2v) is 19.2. The Bertz CT molecular complexity index is 2490. The molecule has 69 heavy (non-hydrogen) atoms. The van der Waals surface area contributed by atoms with Gasteiger partial charge in [0.15, 0.2) is 0 Å². The highest BCUT2D eigenvalue weighted by atomic mass is 35.5. The average molecular weight is 985 g/mol. The van der Waals surface area contributed by atoms with Gasteiger partial charge in [0.1, 0.15) is 29.4 Å². The molecule has 6 rings (SSSR count). The van der Waals surface area contributed by atoms with Crippen LogP contribution in [-0.4, -0.2) is 131 Å². The first kappa shape index (κ1) is 52.4. The number of methoxy groups -OCH3 is 1. The molecular weight excluding hydrogens is 922 g/mol. The molecule has 6 atom stereocenters. The number of nitrogens with one attached hydrogen (secondary N) is 2. The summed E-state index contributed by atoms with van der Waals surface area (Å²) in [4.78, 5) is 83.2. The summed E-state index contributed by atoms with van der Waals surface area (Å²) in [6.45, 7) is 1.83. The van der Waals surface area contributed by atoms with Crippen LogP contribution in [0, 0.1) is 17.2 Å². The Morgan fingerprint density at radius 3 is 2.25 bits per heavy atom. The summed E-state index contributed by atoms with van der Waals surface area (Å²) in [7, 11) is 10.6. The van der Waals surface area contributed by atoms with Gasteiger partial charge in [0, 0.05) is 80.8 Å². The van der Waals surface area contributed by atoms with Gasteiger partial charge in [-0.1, -0.05) is 54.2 Å². The van der Waals surface area contributed by atoms with E-state index < -0.39 is 66.2 Å². The minimum absolute atomic E-state index is 0.0763. The van der Waals surface area contributed by atoms with Crippen molar-refractivity contribution in [1.82, 2.24) is 39.8 Å². The molecule has 0 bridgehead atoms. The third-order valence-corrected chi connectivity index (χ3v) is 13.6. The van der Waals surface area contributed by atoms with Crippen molar-refractivity contribution in [3.05, 3.63) is 99.9 Å². The molecule has 2 heterocycles. The van der Waals surface area contributed by atoms with Crippen molar-refractivity contribution in [3.63, 3.8) is 0 Å². The number of nitriles is 1. The van der Waals surface area contributed by atoms with E-state index in [9.17, 15) is 29.2 Å². The fourth-order valence-corrected chi connectivity index (χ4v) is 9.43. The first-order valence-corrected chi connectivity index (χ1v) is 24.0. The van der Waals surface area contributed by atoms with E-state index >= 15 is 0 Å². The Morgan fingerprint density at radius 1 is 0.870 bits per heavy atom. The number of hydrogen-bond acceptors (Lipinski definition) is 10. The number of amides is 5. The lowest BCUT2D eigenvalue weighted by Gasteiger charge is -2.40. The first-order chi connectivity index (χ1) is 33.0. The van der Waals surface area contributed by atoms with Gasteiger partial charge in [-0.25, -0.2) is 4.98 Å². The molecule has 5 amide bonds. The van der Waals surface area contributed by atoms with Crippen LogP contribution in [0.3, 0.4) is 0 Å². The fraction of sp³-hybridized carbons (Fsp3) is 0.471.